The standard InChI is InChI=1S/C14H15NO2/c1-3-17-14(16)13-12(9-10-15(13)2)11-7-5-4-6-8-11/h4-10H,3H2,1-2H3. The van der Waals surface area contributed by atoms with Gasteiger partial charge in [-0.15, -0.1) is 0 Å². The lowest BCUT2D eigenvalue weighted by Crippen LogP contribution is -2.10. The van der Waals surface area contributed by atoms with Crippen molar-refractivity contribution in [1.82, 2.24) is 4.57 Å². The fourth-order valence-electron chi connectivity index (χ4n) is 1.83. The summed E-state index contributed by atoms with van der Waals surface area (Å²) in [6.07, 6.45) is 1.87. The highest BCUT2D eigenvalue weighted by molar-refractivity contribution is 5.95. The van der Waals surface area contributed by atoms with E-state index in [1.54, 1.807) is 4.57 Å². The molecular formula is C14H15NO2. The zero-order valence-corrected chi connectivity index (χ0v) is 10.0. The van der Waals surface area contributed by atoms with Gasteiger partial charge in [0.05, 0.1) is 6.61 Å². The normalized spacial score (nSPS) is 10.2. The van der Waals surface area contributed by atoms with Gasteiger partial charge < -0.3 is 9.30 Å². The van der Waals surface area contributed by atoms with Gasteiger partial charge in [0.25, 0.3) is 0 Å². The molecule has 0 aliphatic rings. The molecule has 0 bridgehead atoms. The van der Waals surface area contributed by atoms with E-state index in [2.05, 4.69) is 0 Å². The average Bonchev–Trinajstić information content (AvgIpc) is 2.73. The van der Waals surface area contributed by atoms with Gasteiger partial charge in [-0.1, -0.05) is 30.3 Å². The van der Waals surface area contributed by atoms with Crippen molar-refractivity contribution in [2.24, 2.45) is 7.05 Å². The van der Waals surface area contributed by atoms with Crippen molar-refractivity contribution in [1.29, 1.82) is 0 Å². The number of ether oxygens (including phenoxy) is 1. The van der Waals surface area contributed by atoms with Crippen LogP contribution in [0.4, 0.5) is 0 Å². The van der Waals surface area contributed by atoms with Gasteiger partial charge in [-0.2, -0.15) is 0 Å². The molecule has 0 fully saturated rings. The van der Waals surface area contributed by atoms with E-state index < -0.39 is 0 Å². The number of esters is 1. The molecule has 0 aliphatic heterocycles. The van der Waals surface area contributed by atoms with Crippen LogP contribution in [0.3, 0.4) is 0 Å². The van der Waals surface area contributed by atoms with Crippen LogP contribution in [0, 0.1) is 0 Å². The second-order valence-corrected chi connectivity index (χ2v) is 3.78. The summed E-state index contributed by atoms with van der Waals surface area (Å²) < 4.78 is 6.86. The molecule has 2 rings (SSSR count). The van der Waals surface area contributed by atoms with Crippen molar-refractivity contribution in [3.8, 4) is 11.1 Å². The molecule has 1 aromatic heterocycles. The Hall–Kier alpha value is -2.03. The van der Waals surface area contributed by atoms with Gasteiger partial charge in [0.1, 0.15) is 5.69 Å². The Kier molecular flexibility index (Phi) is 3.28. The number of aryl methyl sites for hydroxylation is 1. The monoisotopic (exact) mass is 229 g/mol. The zero-order chi connectivity index (χ0) is 12.3. The molecule has 3 nitrogen and oxygen atoms in total. The Morgan fingerprint density at radius 2 is 1.94 bits per heavy atom. The molecule has 1 aromatic carbocycles. The largest absolute Gasteiger partial charge is 0.461 e. The zero-order valence-electron chi connectivity index (χ0n) is 10.0. The topological polar surface area (TPSA) is 31.2 Å². The molecule has 0 atom stereocenters. The molecule has 0 N–H and O–H groups in total. The van der Waals surface area contributed by atoms with E-state index in [-0.39, 0.29) is 5.97 Å². The molecule has 0 spiro atoms. The smallest absolute Gasteiger partial charge is 0.355 e. The van der Waals surface area contributed by atoms with Crippen LogP contribution >= 0.6 is 0 Å². The summed E-state index contributed by atoms with van der Waals surface area (Å²) in [5.74, 6) is -0.279. The predicted molar refractivity (Wildman–Crippen MR) is 66.8 cm³/mol. The number of carbonyl (C=O) groups is 1. The Balaban J connectivity index is 2.46. The second-order valence-electron chi connectivity index (χ2n) is 3.78. The third-order valence-electron chi connectivity index (χ3n) is 2.63. The number of benzene rings is 1. The summed E-state index contributed by atoms with van der Waals surface area (Å²) in [6.45, 7) is 2.20. The number of hydrogen-bond acceptors (Lipinski definition) is 2. The van der Waals surface area contributed by atoms with E-state index in [9.17, 15) is 4.79 Å². The maximum atomic E-state index is 11.9. The van der Waals surface area contributed by atoms with E-state index >= 15 is 0 Å². The van der Waals surface area contributed by atoms with Crippen LogP contribution in [-0.2, 0) is 11.8 Å². The Labute approximate surface area is 101 Å². The van der Waals surface area contributed by atoms with Gasteiger partial charge in [-0.3, -0.25) is 0 Å². The minimum atomic E-state index is -0.279. The fourth-order valence-corrected chi connectivity index (χ4v) is 1.83. The lowest BCUT2D eigenvalue weighted by molar-refractivity contribution is 0.0516. The Morgan fingerprint density at radius 3 is 2.59 bits per heavy atom. The molecule has 3 heteroatoms. The molecule has 1 heterocycles. The first-order chi connectivity index (χ1) is 8.24. The average molecular weight is 229 g/mol. The van der Waals surface area contributed by atoms with E-state index in [1.165, 1.54) is 0 Å². The first-order valence-corrected chi connectivity index (χ1v) is 5.62. The number of nitrogens with zero attached hydrogens (tertiary/aromatic N) is 1. The lowest BCUT2D eigenvalue weighted by atomic mass is 10.1. The molecule has 2 aromatic rings. The summed E-state index contributed by atoms with van der Waals surface area (Å²) in [4.78, 5) is 11.9. The molecule has 0 saturated heterocycles. The quantitative estimate of drug-likeness (QED) is 0.758. The maximum absolute atomic E-state index is 11.9. The predicted octanol–water partition coefficient (Wildman–Crippen LogP) is 2.87. The van der Waals surface area contributed by atoms with Crippen molar-refractivity contribution in [3.05, 3.63) is 48.3 Å². The summed E-state index contributed by atoms with van der Waals surface area (Å²) in [7, 11) is 1.85. The van der Waals surface area contributed by atoms with Crippen molar-refractivity contribution in [3.63, 3.8) is 0 Å². The lowest BCUT2D eigenvalue weighted by Gasteiger charge is -2.07. The first-order valence-electron chi connectivity index (χ1n) is 5.62. The third kappa shape index (κ3) is 2.23. The third-order valence-corrected chi connectivity index (χ3v) is 2.63. The van der Waals surface area contributed by atoms with Crippen LogP contribution in [-0.4, -0.2) is 17.1 Å². The molecule has 0 radical (unpaired) electrons. The van der Waals surface area contributed by atoms with E-state index in [4.69, 9.17) is 4.74 Å². The summed E-state index contributed by atoms with van der Waals surface area (Å²) >= 11 is 0. The molecule has 0 aliphatic carbocycles. The first kappa shape index (κ1) is 11.5. The van der Waals surface area contributed by atoms with Crippen LogP contribution < -0.4 is 0 Å². The molecule has 0 saturated carbocycles. The highest BCUT2D eigenvalue weighted by Crippen LogP contribution is 2.24. The number of aromatic nitrogens is 1. The number of carbonyl (C=O) groups excluding carboxylic acids is 1. The maximum Gasteiger partial charge on any atom is 0.355 e. The minimum absolute atomic E-state index is 0.279. The number of hydrogen-bond donors (Lipinski definition) is 0. The summed E-state index contributed by atoms with van der Waals surface area (Å²) in [6, 6.07) is 11.8. The van der Waals surface area contributed by atoms with Gasteiger partial charge >= 0.3 is 5.97 Å². The van der Waals surface area contributed by atoms with Crippen LogP contribution in [0.15, 0.2) is 42.6 Å². The van der Waals surface area contributed by atoms with Gasteiger partial charge in [-0.25, -0.2) is 4.79 Å². The van der Waals surface area contributed by atoms with E-state index in [1.807, 2.05) is 56.6 Å². The fraction of sp³-hybridized carbons (Fsp3) is 0.214. The summed E-state index contributed by atoms with van der Waals surface area (Å²) in [5.41, 5.74) is 2.53. The van der Waals surface area contributed by atoms with Crippen molar-refractivity contribution < 1.29 is 9.53 Å². The van der Waals surface area contributed by atoms with Crippen molar-refractivity contribution >= 4 is 5.97 Å². The van der Waals surface area contributed by atoms with Crippen molar-refractivity contribution in [2.45, 2.75) is 6.92 Å². The van der Waals surface area contributed by atoms with Gasteiger partial charge in [-0.05, 0) is 18.6 Å². The van der Waals surface area contributed by atoms with E-state index in [0.717, 1.165) is 11.1 Å². The van der Waals surface area contributed by atoms with E-state index in [0.29, 0.717) is 12.3 Å². The Bertz CT molecular complexity index is 514. The van der Waals surface area contributed by atoms with Crippen LogP contribution in [0.2, 0.25) is 0 Å². The van der Waals surface area contributed by atoms with Crippen LogP contribution in [0.1, 0.15) is 17.4 Å². The van der Waals surface area contributed by atoms with Gasteiger partial charge in [0.2, 0.25) is 0 Å². The molecule has 88 valence electrons. The number of rotatable bonds is 3. The van der Waals surface area contributed by atoms with Crippen molar-refractivity contribution in [2.75, 3.05) is 6.61 Å². The summed E-state index contributed by atoms with van der Waals surface area (Å²) in [5, 5.41) is 0. The van der Waals surface area contributed by atoms with Crippen LogP contribution in [0.25, 0.3) is 11.1 Å². The second kappa shape index (κ2) is 4.87. The molecular weight excluding hydrogens is 214 g/mol. The van der Waals surface area contributed by atoms with Gasteiger partial charge in [0.15, 0.2) is 0 Å². The highest BCUT2D eigenvalue weighted by atomic mass is 16.5. The van der Waals surface area contributed by atoms with Crippen LogP contribution in [0.5, 0.6) is 0 Å². The van der Waals surface area contributed by atoms with Gasteiger partial charge in [0, 0.05) is 18.8 Å². The highest BCUT2D eigenvalue weighted by Gasteiger charge is 2.17. The molecule has 0 unspecified atom stereocenters. The minimum Gasteiger partial charge on any atom is -0.461 e. The molecule has 17 heavy (non-hydrogen) atoms. The SMILES string of the molecule is CCOC(=O)c1c(-c2ccccc2)ccn1C. The molecule has 0 amide bonds. The Morgan fingerprint density at radius 1 is 1.24 bits per heavy atom.